The summed E-state index contributed by atoms with van der Waals surface area (Å²) in [6, 6.07) is 5.13. The van der Waals surface area contributed by atoms with Crippen molar-refractivity contribution in [1.29, 1.82) is 0 Å². The van der Waals surface area contributed by atoms with Crippen LogP contribution in [0, 0.1) is 0 Å². The standard InChI is InChI=1S/C11H13F4NO3S/c12-10(13)7-19-6-5-16-8-3-1-2-4-9(8)20(17,18)11(14)15/h1-4,10-11,16H,5-7H2. The van der Waals surface area contributed by atoms with E-state index in [-0.39, 0.29) is 18.8 Å². The summed E-state index contributed by atoms with van der Waals surface area (Å²) in [5, 5.41) is 2.57. The van der Waals surface area contributed by atoms with Gasteiger partial charge in [0, 0.05) is 6.54 Å². The fraction of sp³-hybridized carbons (Fsp3) is 0.455. The molecule has 0 aliphatic heterocycles. The smallest absolute Gasteiger partial charge is 0.341 e. The number of nitrogens with one attached hydrogen (secondary N) is 1. The normalized spacial score (nSPS) is 12.1. The number of para-hydroxylation sites is 1. The topological polar surface area (TPSA) is 55.4 Å². The van der Waals surface area contributed by atoms with Crippen LogP contribution in [0.2, 0.25) is 0 Å². The van der Waals surface area contributed by atoms with Gasteiger partial charge in [0.15, 0.2) is 0 Å². The Kier molecular flexibility index (Phi) is 6.21. The number of alkyl halides is 4. The second kappa shape index (κ2) is 7.44. The molecule has 0 fully saturated rings. The number of halogens is 4. The van der Waals surface area contributed by atoms with Crippen LogP contribution in [0.15, 0.2) is 29.2 Å². The fourth-order valence-electron chi connectivity index (χ4n) is 1.39. The van der Waals surface area contributed by atoms with Crippen LogP contribution in [-0.2, 0) is 14.6 Å². The molecule has 0 radical (unpaired) electrons. The Morgan fingerprint density at radius 3 is 2.40 bits per heavy atom. The van der Waals surface area contributed by atoms with Crippen LogP contribution in [0.3, 0.4) is 0 Å². The number of benzene rings is 1. The van der Waals surface area contributed by atoms with Gasteiger partial charge in [0.05, 0.1) is 17.2 Å². The van der Waals surface area contributed by atoms with Gasteiger partial charge in [-0.2, -0.15) is 8.78 Å². The molecule has 4 nitrogen and oxygen atoms in total. The molecule has 0 unspecified atom stereocenters. The van der Waals surface area contributed by atoms with E-state index >= 15 is 0 Å². The largest absolute Gasteiger partial charge is 0.382 e. The zero-order valence-electron chi connectivity index (χ0n) is 10.2. The molecular weight excluding hydrogens is 302 g/mol. The average Bonchev–Trinajstić information content (AvgIpc) is 2.38. The summed E-state index contributed by atoms with van der Waals surface area (Å²) in [5.41, 5.74) is -0.0200. The second-order valence-corrected chi connectivity index (χ2v) is 5.58. The van der Waals surface area contributed by atoms with E-state index < -0.39 is 33.5 Å². The molecule has 0 bridgehead atoms. The molecule has 1 aromatic carbocycles. The summed E-state index contributed by atoms with van der Waals surface area (Å²) in [4.78, 5) is -0.538. The summed E-state index contributed by atoms with van der Waals surface area (Å²) in [7, 11) is -4.72. The zero-order valence-corrected chi connectivity index (χ0v) is 11.0. The quantitative estimate of drug-likeness (QED) is 0.591. The SMILES string of the molecule is O=S(=O)(c1ccccc1NCCOCC(F)F)C(F)F. The van der Waals surface area contributed by atoms with Gasteiger partial charge in [0.2, 0.25) is 9.84 Å². The van der Waals surface area contributed by atoms with Gasteiger partial charge in [-0.05, 0) is 12.1 Å². The molecule has 0 aliphatic rings. The minimum atomic E-state index is -4.72. The van der Waals surface area contributed by atoms with Gasteiger partial charge in [-0.1, -0.05) is 12.1 Å². The van der Waals surface area contributed by atoms with E-state index in [0.717, 1.165) is 6.07 Å². The Bertz CT molecular complexity index is 522. The molecule has 20 heavy (non-hydrogen) atoms. The molecular formula is C11H13F4NO3S. The summed E-state index contributed by atoms with van der Waals surface area (Å²) in [6.07, 6.45) is -2.60. The Morgan fingerprint density at radius 1 is 1.15 bits per heavy atom. The molecule has 0 aliphatic carbocycles. The van der Waals surface area contributed by atoms with Gasteiger partial charge in [0.1, 0.15) is 6.61 Å². The molecule has 0 aromatic heterocycles. The van der Waals surface area contributed by atoms with Crippen LogP contribution >= 0.6 is 0 Å². The van der Waals surface area contributed by atoms with E-state index in [1.807, 2.05) is 0 Å². The number of ether oxygens (including phenoxy) is 1. The van der Waals surface area contributed by atoms with Crippen LogP contribution in [0.25, 0.3) is 0 Å². The van der Waals surface area contributed by atoms with Crippen molar-refractivity contribution in [2.24, 2.45) is 0 Å². The van der Waals surface area contributed by atoms with Crippen LogP contribution in [0.1, 0.15) is 0 Å². The fourth-order valence-corrected chi connectivity index (χ4v) is 2.29. The molecule has 1 aromatic rings. The lowest BCUT2D eigenvalue weighted by Crippen LogP contribution is -2.17. The molecule has 0 saturated carbocycles. The molecule has 0 atom stereocenters. The summed E-state index contributed by atoms with van der Waals surface area (Å²) in [5.74, 6) is -3.53. The first-order chi connectivity index (χ1) is 9.35. The maximum atomic E-state index is 12.5. The van der Waals surface area contributed by atoms with Crippen molar-refractivity contribution in [3.05, 3.63) is 24.3 Å². The molecule has 0 spiro atoms. The Labute approximate surface area is 113 Å². The van der Waals surface area contributed by atoms with Gasteiger partial charge in [-0.15, -0.1) is 0 Å². The minimum Gasteiger partial charge on any atom is -0.382 e. The molecule has 0 amide bonds. The molecule has 1 N–H and O–H groups in total. The summed E-state index contributed by atoms with van der Waals surface area (Å²) < 4.78 is 75.9. The van der Waals surface area contributed by atoms with Gasteiger partial charge in [-0.25, -0.2) is 17.2 Å². The molecule has 0 heterocycles. The number of hydrogen-bond acceptors (Lipinski definition) is 4. The Morgan fingerprint density at radius 2 is 1.80 bits per heavy atom. The number of sulfone groups is 1. The third-order valence-electron chi connectivity index (χ3n) is 2.23. The molecule has 114 valence electrons. The van der Waals surface area contributed by atoms with Crippen molar-refractivity contribution in [3.63, 3.8) is 0 Å². The van der Waals surface area contributed by atoms with E-state index in [4.69, 9.17) is 0 Å². The monoisotopic (exact) mass is 315 g/mol. The maximum Gasteiger partial charge on any atom is 0.341 e. The van der Waals surface area contributed by atoms with E-state index in [1.165, 1.54) is 18.2 Å². The van der Waals surface area contributed by atoms with Crippen molar-refractivity contribution < 1.29 is 30.7 Å². The number of anilines is 1. The van der Waals surface area contributed by atoms with E-state index in [2.05, 4.69) is 10.1 Å². The van der Waals surface area contributed by atoms with Crippen molar-refractivity contribution in [2.45, 2.75) is 17.1 Å². The van der Waals surface area contributed by atoms with Crippen LogP contribution in [-0.4, -0.2) is 40.4 Å². The Balaban J connectivity index is 2.68. The van der Waals surface area contributed by atoms with Gasteiger partial charge < -0.3 is 10.1 Å². The summed E-state index contributed by atoms with van der Waals surface area (Å²) in [6.45, 7) is -0.825. The van der Waals surface area contributed by atoms with Gasteiger partial charge >= 0.3 is 5.76 Å². The Hall–Kier alpha value is -1.35. The maximum absolute atomic E-state index is 12.5. The van der Waals surface area contributed by atoms with Gasteiger partial charge in [0.25, 0.3) is 6.43 Å². The predicted octanol–water partition coefficient (Wildman–Crippen LogP) is 2.38. The molecule has 9 heteroatoms. The van der Waals surface area contributed by atoms with Crippen LogP contribution in [0.4, 0.5) is 23.2 Å². The highest BCUT2D eigenvalue weighted by atomic mass is 32.2. The lowest BCUT2D eigenvalue weighted by atomic mass is 10.3. The van der Waals surface area contributed by atoms with E-state index in [9.17, 15) is 26.0 Å². The van der Waals surface area contributed by atoms with Crippen LogP contribution < -0.4 is 5.32 Å². The number of hydrogen-bond donors (Lipinski definition) is 1. The third-order valence-corrected chi connectivity index (χ3v) is 3.67. The molecule has 1 rings (SSSR count). The lowest BCUT2D eigenvalue weighted by Gasteiger charge is -2.12. The number of rotatable bonds is 8. The van der Waals surface area contributed by atoms with E-state index in [0.29, 0.717) is 0 Å². The average molecular weight is 315 g/mol. The highest BCUT2D eigenvalue weighted by Crippen LogP contribution is 2.25. The third kappa shape index (κ3) is 4.64. The van der Waals surface area contributed by atoms with Crippen molar-refractivity contribution in [2.75, 3.05) is 25.1 Å². The lowest BCUT2D eigenvalue weighted by molar-refractivity contribution is 0.0215. The summed E-state index contributed by atoms with van der Waals surface area (Å²) >= 11 is 0. The molecule has 0 saturated heterocycles. The van der Waals surface area contributed by atoms with Crippen molar-refractivity contribution >= 4 is 15.5 Å². The first-order valence-electron chi connectivity index (χ1n) is 5.56. The van der Waals surface area contributed by atoms with E-state index in [1.54, 1.807) is 0 Å². The minimum absolute atomic E-state index is 0.0164. The second-order valence-electron chi connectivity index (χ2n) is 3.69. The first-order valence-corrected chi connectivity index (χ1v) is 7.11. The van der Waals surface area contributed by atoms with Crippen molar-refractivity contribution in [3.8, 4) is 0 Å². The van der Waals surface area contributed by atoms with Crippen molar-refractivity contribution in [1.82, 2.24) is 0 Å². The highest BCUT2D eigenvalue weighted by Gasteiger charge is 2.28. The van der Waals surface area contributed by atoms with Gasteiger partial charge in [-0.3, -0.25) is 0 Å². The zero-order chi connectivity index (χ0) is 15.2. The predicted molar refractivity (Wildman–Crippen MR) is 64.9 cm³/mol. The highest BCUT2D eigenvalue weighted by molar-refractivity contribution is 7.91. The van der Waals surface area contributed by atoms with Crippen LogP contribution in [0.5, 0.6) is 0 Å². The first kappa shape index (κ1) is 16.7.